The Bertz CT molecular complexity index is 594. The van der Waals surface area contributed by atoms with Gasteiger partial charge in [0.15, 0.2) is 0 Å². The molecule has 21 heavy (non-hydrogen) atoms. The van der Waals surface area contributed by atoms with E-state index >= 15 is 0 Å². The molecule has 110 valence electrons. The summed E-state index contributed by atoms with van der Waals surface area (Å²) in [4.78, 5) is 16.0. The van der Waals surface area contributed by atoms with Crippen LogP contribution in [0.5, 0.6) is 0 Å². The zero-order chi connectivity index (χ0) is 15.2. The monoisotopic (exact) mass is 285 g/mol. The van der Waals surface area contributed by atoms with Gasteiger partial charge in [0.05, 0.1) is 6.10 Å². The molecule has 0 bridgehead atoms. The van der Waals surface area contributed by atoms with Crippen molar-refractivity contribution < 1.29 is 9.90 Å². The number of aliphatic hydroxyl groups excluding tert-OH is 1. The molecule has 0 aliphatic heterocycles. The normalized spacial score (nSPS) is 11.8. The fraction of sp³-hybridized carbons (Fsp3) is 0.250. The maximum atomic E-state index is 11.8. The van der Waals surface area contributed by atoms with Gasteiger partial charge in [0.25, 0.3) is 0 Å². The minimum Gasteiger partial charge on any atom is -0.387 e. The second kappa shape index (κ2) is 6.85. The molecule has 0 radical (unpaired) electrons. The van der Waals surface area contributed by atoms with E-state index in [-0.39, 0.29) is 12.6 Å². The Kier molecular flexibility index (Phi) is 4.90. The van der Waals surface area contributed by atoms with Gasteiger partial charge in [-0.15, -0.1) is 0 Å². The molecular weight excluding hydrogens is 266 g/mol. The van der Waals surface area contributed by atoms with Crippen molar-refractivity contribution in [1.82, 2.24) is 10.3 Å². The standard InChI is InChI=1S/C16H19N3O2/c1-11-8-12(2)18-15(9-11)19-16(21)17-10-14(20)13-6-4-3-5-7-13/h3-9,14,20H,10H2,1-2H3,(H2,17,18,19,21). The second-order valence-electron chi connectivity index (χ2n) is 4.93. The molecule has 5 nitrogen and oxygen atoms in total. The van der Waals surface area contributed by atoms with Crippen molar-refractivity contribution >= 4 is 11.8 Å². The summed E-state index contributed by atoms with van der Waals surface area (Å²) in [7, 11) is 0. The van der Waals surface area contributed by atoms with Crippen molar-refractivity contribution in [1.29, 1.82) is 0 Å². The Morgan fingerprint density at radius 2 is 1.95 bits per heavy atom. The Labute approximate surface area is 124 Å². The first kappa shape index (κ1) is 15.0. The van der Waals surface area contributed by atoms with Crippen LogP contribution in [0.15, 0.2) is 42.5 Å². The number of aliphatic hydroxyl groups is 1. The van der Waals surface area contributed by atoms with Crippen LogP contribution in [0, 0.1) is 13.8 Å². The number of hydrogen-bond acceptors (Lipinski definition) is 3. The van der Waals surface area contributed by atoms with Crippen LogP contribution in [0.25, 0.3) is 0 Å². The molecule has 2 rings (SSSR count). The molecule has 0 spiro atoms. The van der Waals surface area contributed by atoms with Crippen LogP contribution in [0.3, 0.4) is 0 Å². The largest absolute Gasteiger partial charge is 0.387 e. The van der Waals surface area contributed by atoms with Gasteiger partial charge in [-0.1, -0.05) is 30.3 Å². The smallest absolute Gasteiger partial charge is 0.320 e. The molecular formula is C16H19N3O2. The summed E-state index contributed by atoms with van der Waals surface area (Å²) in [6.45, 7) is 3.95. The maximum absolute atomic E-state index is 11.8. The lowest BCUT2D eigenvalue weighted by Gasteiger charge is -2.13. The quantitative estimate of drug-likeness (QED) is 0.808. The van der Waals surface area contributed by atoms with Crippen LogP contribution in [0.4, 0.5) is 10.6 Å². The van der Waals surface area contributed by atoms with E-state index in [4.69, 9.17) is 0 Å². The van der Waals surface area contributed by atoms with E-state index in [1.165, 1.54) is 0 Å². The van der Waals surface area contributed by atoms with Gasteiger partial charge in [-0.3, -0.25) is 5.32 Å². The summed E-state index contributed by atoms with van der Waals surface area (Å²) >= 11 is 0. The Balaban J connectivity index is 1.87. The SMILES string of the molecule is Cc1cc(C)nc(NC(=O)NCC(O)c2ccccc2)c1. The third-order valence-electron chi connectivity index (χ3n) is 2.98. The molecule has 1 heterocycles. The minimum atomic E-state index is -0.732. The van der Waals surface area contributed by atoms with Gasteiger partial charge in [0, 0.05) is 12.2 Å². The number of carbonyl (C=O) groups excluding carboxylic acids is 1. The summed E-state index contributed by atoms with van der Waals surface area (Å²) in [5, 5.41) is 15.3. The molecule has 0 fully saturated rings. The number of amides is 2. The topological polar surface area (TPSA) is 74.2 Å². The first-order valence-corrected chi connectivity index (χ1v) is 6.78. The van der Waals surface area contributed by atoms with Crippen molar-refractivity contribution in [2.45, 2.75) is 20.0 Å². The predicted octanol–water partition coefficient (Wildman–Crippen LogP) is 2.55. The summed E-state index contributed by atoms with van der Waals surface area (Å²) < 4.78 is 0. The summed E-state index contributed by atoms with van der Waals surface area (Å²) in [6.07, 6.45) is -0.732. The molecule has 2 aromatic rings. The number of nitrogens with zero attached hydrogens (tertiary/aromatic N) is 1. The van der Waals surface area contributed by atoms with Gasteiger partial charge in [-0.2, -0.15) is 0 Å². The number of rotatable bonds is 4. The average Bonchev–Trinajstić information content (AvgIpc) is 2.44. The lowest BCUT2D eigenvalue weighted by molar-refractivity contribution is 0.175. The van der Waals surface area contributed by atoms with Gasteiger partial charge >= 0.3 is 6.03 Å². The lowest BCUT2D eigenvalue weighted by Crippen LogP contribution is -2.32. The highest BCUT2D eigenvalue weighted by atomic mass is 16.3. The van der Waals surface area contributed by atoms with E-state index in [1.54, 1.807) is 6.07 Å². The minimum absolute atomic E-state index is 0.140. The Hall–Kier alpha value is -2.40. The van der Waals surface area contributed by atoms with Crippen LogP contribution in [0.2, 0.25) is 0 Å². The Morgan fingerprint density at radius 1 is 1.24 bits per heavy atom. The second-order valence-corrected chi connectivity index (χ2v) is 4.93. The molecule has 0 saturated carbocycles. The molecule has 2 amide bonds. The number of nitrogens with one attached hydrogen (secondary N) is 2. The Morgan fingerprint density at radius 3 is 2.62 bits per heavy atom. The maximum Gasteiger partial charge on any atom is 0.320 e. The van der Waals surface area contributed by atoms with E-state index in [0.29, 0.717) is 5.82 Å². The van der Waals surface area contributed by atoms with Crippen LogP contribution in [-0.2, 0) is 0 Å². The third kappa shape index (κ3) is 4.57. The zero-order valence-corrected chi connectivity index (χ0v) is 12.1. The summed E-state index contributed by atoms with van der Waals surface area (Å²) in [5.41, 5.74) is 2.64. The van der Waals surface area contributed by atoms with Gasteiger partial charge < -0.3 is 10.4 Å². The van der Waals surface area contributed by atoms with E-state index in [2.05, 4.69) is 15.6 Å². The highest BCUT2D eigenvalue weighted by Gasteiger charge is 2.09. The van der Waals surface area contributed by atoms with E-state index < -0.39 is 6.10 Å². The fourth-order valence-electron chi connectivity index (χ4n) is 2.05. The van der Waals surface area contributed by atoms with Crippen molar-refractivity contribution in [2.24, 2.45) is 0 Å². The fourth-order valence-corrected chi connectivity index (χ4v) is 2.05. The highest BCUT2D eigenvalue weighted by Crippen LogP contribution is 2.11. The van der Waals surface area contributed by atoms with Gasteiger partial charge in [-0.05, 0) is 37.1 Å². The molecule has 1 unspecified atom stereocenters. The molecule has 1 aromatic carbocycles. The van der Waals surface area contributed by atoms with Gasteiger partial charge in [0.1, 0.15) is 5.82 Å². The van der Waals surface area contributed by atoms with Crippen molar-refractivity contribution in [3.8, 4) is 0 Å². The van der Waals surface area contributed by atoms with Crippen LogP contribution < -0.4 is 10.6 Å². The van der Waals surface area contributed by atoms with Crippen molar-refractivity contribution in [3.63, 3.8) is 0 Å². The number of anilines is 1. The summed E-state index contributed by atoms with van der Waals surface area (Å²) in [6, 6.07) is 12.5. The average molecular weight is 285 g/mol. The van der Waals surface area contributed by atoms with Crippen molar-refractivity contribution in [3.05, 3.63) is 59.3 Å². The zero-order valence-electron chi connectivity index (χ0n) is 12.1. The van der Waals surface area contributed by atoms with E-state index in [1.807, 2.05) is 50.2 Å². The number of aryl methyl sites for hydroxylation is 2. The van der Waals surface area contributed by atoms with Crippen molar-refractivity contribution in [2.75, 3.05) is 11.9 Å². The number of carbonyl (C=O) groups is 1. The number of hydrogen-bond donors (Lipinski definition) is 3. The lowest BCUT2D eigenvalue weighted by atomic mass is 10.1. The molecule has 1 atom stereocenters. The van der Waals surface area contributed by atoms with Gasteiger partial charge in [-0.25, -0.2) is 9.78 Å². The summed E-state index contributed by atoms with van der Waals surface area (Å²) in [5.74, 6) is 0.499. The first-order chi connectivity index (χ1) is 10.0. The molecule has 3 N–H and O–H groups in total. The van der Waals surface area contributed by atoms with Crippen LogP contribution >= 0.6 is 0 Å². The highest BCUT2D eigenvalue weighted by molar-refractivity contribution is 5.88. The number of pyridine rings is 1. The van der Waals surface area contributed by atoms with E-state index in [0.717, 1.165) is 16.8 Å². The predicted molar refractivity (Wildman–Crippen MR) is 82.1 cm³/mol. The number of urea groups is 1. The van der Waals surface area contributed by atoms with E-state index in [9.17, 15) is 9.90 Å². The third-order valence-corrected chi connectivity index (χ3v) is 2.98. The van der Waals surface area contributed by atoms with Crippen LogP contribution in [0.1, 0.15) is 22.9 Å². The van der Waals surface area contributed by atoms with Gasteiger partial charge in [0.2, 0.25) is 0 Å². The number of benzene rings is 1. The van der Waals surface area contributed by atoms with Crippen LogP contribution in [-0.4, -0.2) is 22.7 Å². The first-order valence-electron chi connectivity index (χ1n) is 6.78. The molecule has 0 aliphatic rings. The molecule has 0 aliphatic carbocycles. The number of aromatic nitrogens is 1. The molecule has 0 saturated heterocycles. The molecule has 1 aromatic heterocycles. The molecule has 5 heteroatoms.